The number of carbonyl (C=O) groups excluding carboxylic acids is 2. The zero-order valence-electron chi connectivity index (χ0n) is 10.7. The number of hydrogen-bond donors (Lipinski definition) is 4. The van der Waals surface area contributed by atoms with E-state index in [0.29, 0.717) is 35.6 Å². The van der Waals surface area contributed by atoms with E-state index in [1.807, 2.05) is 0 Å². The maximum atomic E-state index is 11.8. The normalized spacial score (nSPS) is 18.9. The van der Waals surface area contributed by atoms with Gasteiger partial charge in [0, 0.05) is 13.5 Å². The first-order chi connectivity index (χ1) is 9.67. The highest BCUT2D eigenvalue weighted by Crippen LogP contribution is 2.22. The number of rotatable bonds is 3. The molecule has 9 heteroatoms. The maximum Gasteiger partial charge on any atom is 0.249 e. The summed E-state index contributed by atoms with van der Waals surface area (Å²) >= 11 is 0. The lowest BCUT2D eigenvalue weighted by Crippen LogP contribution is -2.47. The highest BCUT2D eigenvalue weighted by atomic mass is 16.2. The van der Waals surface area contributed by atoms with E-state index in [9.17, 15) is 9.59 Å². The molecule has 0 spiro atoms. The highest BCUT2D eigenvalue weighted by molar-refractivity contribution is 6.02. The van der Waals surface area contributed by atoms with Gasteiger partial charge in [-0.05, 0) is 6.42 Å². The molecule has 2 aromatic rings. The maximum absolute atomic E-state index is 11.8. The van der Waals surface area contributed by atoms with E-state index in [2.05, 4.69) is 36.1 Å². The average Bonchev–Trinajstić information content (AvgIpc) is 2.90. The Kier molecular flexibility index (Phi) is 2.93. The standard InChI is InChI=1S/C11H13N7O2/c1-12-11-16-8(5-4-13-18-9(5)17-11)14-6-2-3-7(19)15-10(6)20/h4,6H,2-3H2,1H3,(H,15,19,20)(H3,12,13,14,16,17,18). The van der Waals surface area contributed by atoms with E-state index in [4.69, 9.17) is 0 Å². The van der Waals surface area contributed by atoms with Crippen LogP contribution in [-0.2, 0) is 9.59 Å². The zero-order valence-corrected chi connectivity index (χ0v) is 10.7. The minimum absolute atomic E-state index is 0.250. The third-order valence-electron chi connectivity index (χ3n) is 3.08. The molecule has 2 aromatic heterocycles. The van der Waals surface area contributed by atoms with Crippen LogP contribution in [0.5, 0.6) is 0 Å². The average molecular weight is 275 g/mol. The largest absolute Gasteiger partial charge is 0.358 e. The van der Waals surface area contributed by atoms with Crippen LogP contribution in [0.3, 0.4) is 0 Å². The van der Waals surface area contributed by atoms with E-state index >= 15 is 0 Å². The van der Waals surface area contributed by atoms with Gasteiger partial charge in [0.15, 0.2) is 5.65 Å². The predicted octanol–water partition coefficient (Wildman–Crippen LogP) is -0.388. The number of imide groups is 1. The van der Waals surface area contributed by atoms with Crippen molar-refractivity contribution in [3.05, 3.63) is 6.20 Å². The topological polar surface area (TPSA) is 125 Å². The van der Waals surface area contributed by atoms with Crippen LogP contribution in [0.1, 0.15) is 12.8 Å². The van der Waals surface area contributed by atoms with E-state index in [1.165, 1.54) is 0 Å². The highest BCUT2D eigenvalue weighted by Gasteiger charge is 2.27. The Hall–Kier alpha value is -2.71. The Morgan fingerprint density at radius 2 is 2.20 bits per heavy atom. The molecular formula is C11H13N7O2. The number of nitrogens with zero attached hydrogens (tertiary/aromatic N) is 3. The molecule has 3 heterocycles. The lowest BCUT2D eigenvalue weighted by Gasteiger charge is -2.22. The summed E-state index contributed by atoms with van der Waals surface area (Å²) in [5, 5.41) is 15.5. The van der Waals surface area contributed by atoms with Crippen molar-refractivity contribution >= 4 is 34.6 Å². The molecule has 1 saturated heterocycles. The number of H-pyrrole nitrogens is 1. The number of anilines is 2. The van der Waals surface area contributed by atoms with Crippen molar-refractivity contribution in [1.82, 2.24) is 25.5 Å². The van der Waals surface area contributed by atoms with Gasteiger partial charge in [0.25, 0.3) is 0 Å². The molecule has 20 heavy (non-hydrogen) atoms. The molecule has 0 aliphatic carbocycles. The van der Waals surface area contributed by atoms with Crippen molar-refractivity contribution in [2.75, 3.05) is 17.7 Å². The molecular weight excluding hydrogens is 262 g/mol. The fourth-order valence-electron chi connectivity index (χ4n) is 2.05. The SMILES string of the molecule is CNc1nc(NC2CCC(=O)NC2=O)c2cn[nH]c2n1. The molecule has 3 rings (SSSR count). The van der Waals surface area contributed by atoms with Crippen molar-refractivity contribution in [2.45, 2.75) is 18.9 Å². The second-order valence-corrected chi connectivity index (χ2v) is 4.43. The summed E-state index contributed by atoms with van der Waals surface area (Å²) in [6.45, 7) is 0. The van der Waals surface area contributed by atoms with E-state index in [-0.39, 0.29) is 11.8 Å². The summed E-state index contributed by atoms with van der Waals surface area (Å²) in [6.07, 6.45) is 2.33. The molecule has 0 aromatic carbocycles. The molecule has 0 radical (unpaired) electrons. The van der Waals surface area contributed by atoms with Crippen LogP contribution >= 0.6 is 0 Å². The summed E-state index contributed by atoms with van der Waals surface area (Å²) in [7, 11) is 1.70. The fourth-order valence-corrected chi connectivity index (χ4v) is 2.05. The van der Waals surface area contributed by atoms with Crippen molar-refractivity contribution in [1.29, 1.82) is 0 Å². The van der Waals surface area contributed by atoms with Crippen molar-refractivity contribution in [3.8, 4) is 0 Å². The van der Waals surface area contributed by atoms with Gasteiger partial charge >= 0.3 is 0 Å². The summed E-state index contributed by atoms with van der Waals surface area (Å²) in [6, 6.07) is -0.495. The van der Waals surface area contributed by atoms with Crippen LogP contribution in [0.2, 0.25) is 0 Å². The number of fused-ring (bicyclic) bond motifs is 1. The van der Waals surface area contributed by atoms with Gasteiger partial charge in [-0.2, -0.15) is 15.1 Å². The molecule has 1 fully saturated rings. The van der Waals surface area contributed by atoms with E-state index < -0.39 is 6.04 Å². The molecule has 1 atom stereocenters. The number of aromatic amines is 1. The fraction of sp³-hybridized carbons (Fsp3) is 0.364. The molecule has 1 aliphatic heterocycles. The van der Waals surface area contributed by atoms with Gasteiger partial charge in [0.1, 0.15) is 11.9 Å². The van der Waals surface area contributed by atoms with Gasteiger partial charge in [0.2, 0.25) is 17.8 Å². The molecule has 2 amide bonds. The van der Waals surface area contributed by atoms with Crippen LogP contribution in [0, 0.1) is 0 Å². The minimum atomic E-state index is -0.495. The molecule has 1 aliphatic rings. The first kappa shape index (κ1) is 12.3. The number of carbonyl (C=O) groups is 2. The number of hydrogen-bond acceptors (Lipinski definition) is 7. The molecule has 1 unspecified atom stereocenters. The summed E-state index contributed by atoms with van der Waals surface area (Å²) in [4.78, 5) is 31.4. The third kappa shape index (κ3) is 2.13. The van der Waals surface area contributed by atoms with Gasteiger partial charge in [0.05, 0.1) is 11.6 Å². The predicted molar refractivity (Wildman–Crippen MR) is 71.0 cm³/mol. The van der Waals surface area contributed by atoms with E-state index in [0.717, 1.165) is 0 Å². The van der Waals surface area contributed by atoms with Gasteiger partial charge in [-0.1, -0.05) is 0 Å². The summed E-state index contributed by atoms with van der Waals surface area (Å²) in [5.74, 6) is 0.321. The molecule has 0 bridgehead atoms. The van der Waals surface area contributed by atoms with Gasteiger partial charge < -0.3 is 10.6 Å². The third-order valence-corrected chi connectivity index (χ3v) is 3.08. The zero-order chi connectivity index (χ0) is 14.1. The monoisotopic (exact) mass is 275 g/mol. The van der Waals surface area contributed by atoms with Gasteiger partial charge in [-0.25, -0.2) is 0 Å². The Bertz CT molecular complexity index is 680. The smallest absolute Gasteiger partial charge is 0.249 e. The van der Waals surface area contributed by atoms with Gasteiger partial charge in [-0.15, -0.1) is 0 Å². The first-order valence-electron chi connectivity index (χ1n) is 6.16. The summed E-state index contributed by atoms with van der Waals surface area (Å²) in [5.41, 5.74) is 0.569. The summed E-state index contributed by atoms with van der Waals surface area (Å²) < 4.78 is 0. The lowest BCUT2D eigenvalue weighted by molar-refractivity contribution is -0.133. The Morgan fingerprint density at radius 3 is 2.95 bits per heavy atom. The van der Waals surface area contributed by atoms with Crippen LogP contribution < -0.4 is 16.0 Å². The van der Waals surface area contributed by atoms with Crippen molar-refractivity contribution in [3.63, 3.8) is 0 Å². The molecule has 0 saturated carbocycles. The van der Waals surface area contributed by atoms with E-state index in [1.54, 1.807) is 13.2 Å². The van der Waals surface area contributed by atoms with Gasteiger partial charge in [-0.3, -0.25) is 20.0 Å². The van der Waals surface area contributed by atoms with Crippen LogP contribution in [0.4, 0.5) is 11.8 Å². The minimum Gasteiger partial charge on any atom is -0.358 e. The number of piperidine rings is 1. The Labute approximate surface area is 113 Å². The molecule has 9 nitrogen and oxygen atoms in total. The van der Waals surface area contributed by atoms with Crippen molar-refractivity contribution in [2.24, 2.45) is 0 Å². The van der Waals surface area contributed by atoms with Crippen LogP contribution in [0.15, 0.2) is 6.20 Å². The van der Waals surface area contributed by atoms with Crippen LogP contribution in [0.25, 0.3) is 11.0 Å². The first-order valence-corrected chi connectivity index (χ1v) is 6.16. The van der Waals surface area contributed by atoms with Crippen molar-refractivity contribution < 1.29 is 9.59 Å². The number of nitrogens with one attached hydrogen (secondary N) is 4. The van der Waals surface area contributed by atoms with Crippen LogP contribution in [-0.4, -0.2) is 45.1 Å². The lowest BCUT2D eigenvalue weighted by atomic mass is 10.1. The number of aromatic nitrogens is 4. The Morgan fingerprint density at radius 1 is 1.35 bits per heavy atom. The molecule has 104 valence electrons. The quantitative estimate of drug-likeness (QED) is 0.562. The second-order valence-electron chi connectivity index (χ2n) is 4.43. The Balaban J connectivity index is 1.91. The number of amides is 2. The second kappa shape index (κ2) is 4.76. The molecule has 4 N–H and O–H groups in total.